The molecular formula is C17H37N3. The second-order valence-electron chi connectivity index (χ2n) is 7.31. The maximum absolute atomic E-state index is 3.56. The molecule has 0 bridgehead atoms. The molecular weight excluding hydrogens is 246 g/mol. The summed E-state index contributed by atoms with van der Waals surface area (Å²) in [6.07, 6.45) is 2.61. The minimum atomic E-state index is 0.435. The number of hydrogen-bond donors (Lipinski definition) is 1. The Labute approximate surface area is 127 Å². The third kappa shape index (κ3) is 6.55. The molecule has 1 fully saturated rings. The van der Waals surface area contributed by atoms with Crippen LogP contribution in [0.4, 0.5) is 0 Å². The van der Waals surface area contributed by atoms with Crippen molar-refractivity contribution in [1.29, 1.82) is 0 Å². The van der Waals surface area contributed by atoms with Crippen molar-refractivity contribution >= 4 is 0 Å². The molecule has 1 aliphatic heterocycles. The Morgan fingerprint density at radius 2 is 1.65 bits per heavy atom. The third-order valence-electron chi connectivity index (χ3n) is 4.35. The standard InChI is InChI=1S/C17H37N3/c1-6-8-17(5,14-18-7-2)15-20-11-9-19(10-12-20)13-16(3)4/h16,18H,6-15H2,1-5H3. The lowest BCUT2D eigenvalue weighted by Gasteiger charge is -2.41. The van der Waals surface area contributed by atoms with Crippen LogP contribution in [-0.4, -0.2) is 62.2 Å². The maximum atomic E-state index is 3.56. The van der Waals surface area contributed by atoms with Gasteiger partial charge in [-0.25, -0.2) is 0 Å². The van der Waals surface area contributed by atoms with E-state index in [-0.39, 0.29) is 0 Å². The highest BCUT2D eigenvalue weighted by molar-refractivity contribution is 4.83. The smallest absolute Gasteiger partial charge is 0.0110 e. The average molecular weight is 284 g/mol. The number of nitrogens with zero attached hydrogens (tertiary/aromatic N) is 2. The first kappa shape index (κ1) is 17.9. The molecule has 1 heterocycles. The molecule has 1 saturated heterocycles. The van der Waals surface area contributed by atoms with Gasteiger partial charge in [0.2, 0.25) is 0 Å². The summed E-state index contributed by atoms with van der Waals surface area (Å²) >= 11 is 0. The normalized spacial score (nSPS) is 21.3. The predicted octanol–water partition coefficient (Wildman–Crippen LogP) is 2.68. The first-order valence-corrected chi connectivity index (χ1v) is 8.64. The van der Waals surface area contributed by atoms with E-state index in [1.54, 1.807) is 0 Å². The van der Waals surface area contributed by atoms with E-state index >= 15 is 0 Å². The van der Waals surface area contributed by atoms with Gasteiger partial charge in [0.1, 0.15) is 0 Å². The summed E-state index contributed by atoms with van der Waals surface area (Å²) in [6.45, 7) is 21.4. The average Bonchev–Trinajstić information content (AvgIpc) is 2.38. The fourth-order valence-electron chi connectivity index (χ4n) is 3.44. The van der Waals surface area contributed by atoms with Crippen molar-refractivity contribution in [2.45, 2.75) is 47.5 Å². The van der Waals surface area contributed by atoms with Gasteiger partial charge in [0.15, 0.2) is 0 Å². The highest BCUT2D eigenvalue weighted by Crippen LogP contribution is 2.24. The van der Waals surface area contributed by atoms with E-state index in [0.717, 1.165) is 19.0 Å². The van der Waals surface area contributed by atoms with Crippen LogP contribution in [0.1, 0.15) is 47.5 Å². The van der Waals surface area contributed by atoms with E-state index in [4.69, 9.17) is 0 Å². The SMILES string of the molecule is CCCC(C)(CNCC)CN1CCN(CC(C)C)CC1. The van der Waals surface area contributed by atoms with Crippen LogP contribution in [-0.2, 0) is 0 Å². The van der Waals surface area contributed by atoms with E-state index in [0.29, 0.717) is 5.41 Å². The van der Waals surface area contributed by atoms with Crippen molar-refractivity contribution in [1.82, 2.24) is 15.1 Å². The lowest BCUT2D eigenvalue weighted by atomic mass is 9.84. The van der Waals surface area contributed by atoms with Crippen molar-refractivity contribution < 1.29 is 0 Å². The molecule has 0 aromatic rings. The molecule has 1 atom stereocenters. The van der Waals surface area contributed by atoms with Crippen molar-refractivity contribution in [3.8, 4) is 0 Å². The Morgan fingerprint density at radius 1 is 1.05 bits per heavy atom. The Balaban J connectivity index is 2.39. The molecule has 20 heavy (non-hydrogen) atoms. The van der Waals surface area contributed by atoms with Gasteiger partial charge in [-0.3, -0.25) is 0 Å². The van der Waals surface area contributed by atoms with Crippen LogP contribution in [0.5, 0.6) is 0 Å². The van der Waals surface area contributed by atoms with E-state index in [1.807, 2.05) is 0 Å². The van der Waals surface area contributed by atoms with Gasteiger partial charge in [-0.1, -0.05) is 41.0 Å². The molecule has 0 spiro atoms. The quantitative estimate of drug-likeness (QED) is 0.702. The van der Waals surface area contributed by atoms with Crippen LogP contribution in [0.25, 0.3) is 0 Å². The van der Waals surface area contributed by atoms with Crippen LogP contribution < -0.4 is 5.32 Å². The van der Waals surface area contributed by atoms with Crippen LogP contribution in [0.2, 0.25) is 0 Å². The van der Waals surface area contributed by atoms with E-state index in [2.05, 4.69) is 49.7 Å². The first-order valence-electron chi connectivity index (χ1n) is 8.64. The number of piperazine rings is 1. The zero-order valence-corrected chi connectivity index (χ0v) is 14.5. The van der Waals surface area contributed by atoms with Crippen molar-refractivity contribution in [3.05, 3.63) is 0 Å². The zero-order chi connectivity index (χ0) is 15.0. The van der Waals surface area contributed by atoms with Crippen LogP contribution in [0.15, 0.2) is 0 Å². The van der Waals surface area contributed by atoms with Crippen molar-refractivity contribution in [2.75, 3.05) is 52.4 Å². The summed E-state index contributed by atoms with van der Waals surface area (Å²) in [7, 11) is 0. The molecule has 0 radical (unpaired) electrons. The van der Waals surface area contributed by atoms with Gasteiger partial charge < -0.3 is 15.1 Å². The lowest BCUT2D eigenvalue weighted by molar-refractivity contribution is 0.0806. The molecule has 120 valence electrons. The summed E-state index contributed by atoms with van der Waals surface area (Å²) in [5.41, 5.74) is 0.435. The molecule has 0 aliphatic carbocycles. The molecule has 3 nitrogen and oxygen atoms in total. The molecule has 0 saturated carbocycles. The van der Waals surface area contributed by atoms with Crippen molar-refractivity contribution in [3.63, 3.8) is 0 Å². The van der Waals surface area contributed by atoms with E-state index in [9.17, 15) is 0 Å². The molecule has 0 amide bonds. The molecule has 1 aliphatic rings. The minimum absolute atomic E-state index is 0.435. The van der Waals surface area contributed by atoms with E-state index in [1.165, 1.54) is 52.1 Å². The van der Waals surface area contributed by atoms with Gasteiger partial charge in [-0.2, -0.15) is 0 Å². The van der Waals surface area contributed by atoms with Crippen LogP contribution in [0, 0.1) is 11.3 Å². The lowest BCUT2D eigenvalue weighted by Crippen LogP contribution is -2.51. The van der Waals surface area contributed by atoms with Gasteiger partial charge in [0.25, 0.3) is 0 Å². The largest absolute Gasteiger partial charge is 0.316 e. The molecule has 1 unspecified atom stereocenters. The van der Waals surface area contributed by atoms with Gasteiger partial charge in [0.05, 0.1) is 0 Å². The van der Waals surface area contributed by atoms with Gasteiger partial charge in [0, 0.05) is 45.8 Å². The second-order valence-corrected chi connectivity index (χ2v) is 7.31. The monoisotopic (exact) mass is 283 g/mol. The zero-order valence-electron chi connectivity index (χ0n) is 14.5. The summed E-state index contributed by atoms with van der Waals surface area (Å²) in [5.74, 6) is 0.792. The maximum Gasteiger partial charge on any atom is 0.0110 e. The van der Waals surface area contributed by atoms with Gasteiger partial charge in [-0.15, -0.1) is 0 Å². The summed E-state index contributed by atoms with van der Waals surface area (Å²) < 4.78 is 0. The van der Waals surface area contributed by atoms with Crippen LogP contribution in [0.3, 0.4) is 0 Å². The fourth-order valence-corrected chi connectivity index (χ4v) is 3.44. The summed E-state index contributed by atoms with van der Waals surface area (Å²) in [5, 5.41) is 3.56. The topological polar surface area (TPSA) is 18.5 Å². The third-order valence-corrected chi connectivity index (χ3v) is 4.35. The van der Waals surface area contributed by atoms with Crippen molar-refractivity contribution in [2.24, 2.45) is 11.3 Å². The van der Waals surface area contributed by atoms with Gasteiger partial charge >= 0.3 is 0 Å². The summed E-state index contributed by atoms with van der Waals surface area (Å²) in [4.78, 5) is 5.31. The highest BCUT2D eigenvalue weighted by Gasteiger charge is 2.27. The molecule has 1 rings (SSSR count). The molecule has 0 aromatic carbocycles. The number of nitrogens with one attached hydrogen (secondary N) is 1. The Bertz CT molecular complexity index is 247. The first-order chi connectivity index (χ1) is 9.49. The number of hydrogen-bond acceptors (Lipinski definition) is 3. The Hall–Kier alpha value is -0.120. The molecule has 0 aromatic heterocycles. The Morgan fingerprint density at radius 3 is 2.15 bits per heavy atom. The van der Waals surface area contributed by atoms with Crippen LogP contribution >= 0.6 is 0 Å². The van der Waals surface area contributed by atoms with Gasteiger partial charge in [-0.05, 0) is 24.3 Å². The molecule has 3 heteroatoms. The minimum Gasteiger partial charge on any atom is -0.316 e. The Kier molecular flexibility index (Phi) is 8.08. The fraction of sp³-hybridized carbons (Fsp3) is 1.00. The second kappa shape index (κ2) is 9.01. The highest BCUT2D eigenvalue weighted by atomic mass is 15.3. The predicted molar refractivity (Wildman–Crippen MR) is 89.3 cm³/mol. The van der Waals surface area contributed by atoms with E-state index < -0.39 is 0 Å². The molecule has 1 N–H and O–H groups in total. The summed E-state index contributed by atoms with van der Waals surface area (Å²) in [6, 6.07) is 0. The number of rotatable bonds is 9.